The lowest BCUT2D eigenvalue weighted by molar-refractivity contribution is 0.631. The van der Waals surface area contributed by atoms with E-state index >= 15 is 0 Å². The van der Waals surface area contributed by atoms with E-state index in [1.54, 1.807) is 0 Å². The quantitative estimate of drug-likeness (QED) is 0.244. The molecule has 154 valence electrons. The highest BCUT2D eigenvalue weighted by Gasteiger charge is 2.18. The molecule has 0 unspecified atom stereocenters. The summed E-state index contributed by atoms with van der Waals surface area (Å²) in [6.07, 6.45) is 0. The molecule has 0 aliphatic carbocycles. The van der Waals surface area contributed by atoms with Crippen LogP contribution in [0.25, 0.3) is 42.8 Å². The molecular formula is C29H20OS2. The summed E-state index contributed by atoms with van der Waals surface area (Å²) >= 11 is 3.73. The van der Waals surface area contributed by atoms with Gasteiger partial charge in [0.2, 0.25) is 0 Å². The minimum atomic E-state index is 0.917. The zero-order valence-corrected chi connectivity index (χ0v) is 19.0. The molecule has 0 saturated heterocycles. The van der Waals surface area contributed by atoms with Crippen molar-refractivity contribution in [2.75, 3.05) is 0 Å². The molecule has 0 bridgehead atoms. The van der Waals surface area contributed by atoms with Crippen molar-refractivity contribution in [1.29, 1.82) is 0 Å². The van der Waals surface area contributed by atoms with Gasteiger partial charge in [0.05, 0.1) is 0 Å². The maximum absolute atomic E-state index is 6.30. The summed E-state index contributed by atoms with van der Waals surface area (Å²) in [5.41, 5.74) is 4.65. The van der Waals surface area contributed by atoms with Crippen molar-refractivity contribution in [2.24, 2.45) is 0 Å². The predicted octanol–water partition coefficient (Wildman–Crippen LogP) is 9.27. The van der Waals surface area contributed by atoms with Crippen LogP contribution in [0.3, 0.4) is 0 Å². The van der Waals surface area contributed by atoms with E-state index in [1.165, 1.54) is 31.0 Å². The van der Waals surface area contributed by atoms with Crippen molar-refractivity contribution in [2.45, 2.75) is 10.6 Å². The van der Waals surface area contributed by atoms with Crippen LogP contribution in [0.4, 0.5) is 0 Å². The molecule has 6 rings (SSSR count). The van der Waals surface area contributed by atoms with E-state index in [-0.39, 0.29) is 0 Å². The SMILES string of the molecule is c1ccc(CSc2cccc(-c3cc4ccccc4o3)c2-c2cc3ccccc3s2)cc1. The Kier molecular flexibility index (Phi) is 5.06. The van der Waals surface area contributed by atoms with Gasteiger partial charge in [-0.2, -0.15) is 0 Å². The van der Waals surface area contributed by atoms with Gasteiger partial charge in [0.1, 0.15) is 11.3 Å². The first-order chi connectivity index (χ1) is 15.8. The van der Waals surface area contributed by atoms with Gasteiger partial charge in [0, 0.05) is 36.7 Å². The monoisotopic (exact) mass is 448 g/mol. The number of furan rings is 1. The number of thiophene rings is 1. The maximum Gasteiger partial charge on any atom is 0.136 e. The van der Waals surface area contributed by atoms with E-state index < -0.39 is 0 Å². The van der Waals surface area contributed by atoms with E-state index in [9.17, 15) is 0 Å². The number of fused-ring (bicyclic) bond motifs is 2. The third-order valence-corrected chi connectivity index (χ3v) is 7.89. The van der Waals surface area contributed by atoms with Crippen LogP contribution in [0, 0.1) is 0 Å². The highest BCUT2D eigenvalue weighted by molar-refractivity contribution is 7.98. The summed E-state index contributed by atoms with van der Waals surface area (Å²) in [7, 11) is 0. The Morgan fingerprint density at radius 1 is 0.688 bits per heavy atom. The van der Waals surface area contributed by atoms with E-state index in [4.69, 9.17) is 4.42 Å². The Morgan fingerprint density at radius 2 is 1.47 bits per heavy atom. The lowest BCUT2D eigenvalue weighted by atomic mass is 10.0. The largest absolute Gasteiger partial charge is 0.456 e. The van der Waals surface area contributed by atoms with Crippen LogP contribution in [-0.4, -0.2) is 0 Å². The molecule has 1 nitrogen and oxygen atoms in total. The second-order valence-electron chi connectivity index (χ2n) is 7.75. The standard InChI is InChI=1S/C29H20OS2/c1-2-9-20(10-3-1)19-31-27-16-8-13-23(25-17-21-11-4-6-14-24(21)30-25)29(27)28-18-22-12-5-7-15-26(22)32-28/h1-18H,19H2. The Balaban J connectivity index is 1.51. The topological polar surface area (TPSA) is 13.1 Å². The molecule has 0 atom stereocenters. The summed E-state index contributed by atoms with van der Waals surface area (Å²) in [6.45, 7) is 0. The molecule has 3 heteroatoms. The van der Waals surface area contributed by atoms with Crippen LogP contribution < -0.4 is 0 Å². The van der Waals surface area contributed by atoms with Gasteiger partial charge in [-0.05, 0) is 41.3 Å². The molecule has 2 aromatic heterocycles. The summed E-state index contributed by atoms with van der Waals surface area (Å²) < 4.78 is 7.61. The van der Waals surface area contributed by atoms with Crippen LogP contribution in [-0.2, 0) is 5.75 Å². The summed E-state index contributed by atoms with van der Waals surface area (Å²) in [5, 5.41) is 2.41. The van der Waals surface area contributed by atoms with Gasteiger partial charge in [-0.1, -0.05) is 78.9 Å². The summed E-state index contributed by atoms with van der Waals surface area (Å²) in [5.74, 6) is 1.85. The van der Waals surface area contributed by atoms with Gasteiger partial charge in [-0.15, -0.1) is 23.1 Å². The Hall–Kier alpha value is -3.27. The zero-order chi connectivity index (χ0) is 21.3. The van der Waals surface area contributed by atoms with Gasteiger partial charge >= 0.3 is 0 Å². The molecule has 0 aliphatic heterocycles. The first-order valence-electron chi connectivity index (χ1n) is 10.6. The Bertz CT molecular complexity index is 1460. The fourth-order valence-corrected chi connectivity index (χ4v) is 6.32. The smallest absolute Gasteiger partial charge is 0.136 e. The van der Waals surface area contributed by atoms with Crippen molar-refractivity contribution < 1.29 is 4.42 Å². The molecule has 0 saturated carbocycles. The number of benzene rings is 4. The molecule has 0 amide bonds. The second-order valence-corrected chi connectivity index (χ2v) is 9.85. The summed E-state index contributed by atoms with van der Waals surface area (Å²) in [6, 6.07) is 38.5. The number of thioether (sulfide) groups is 1. The van der Waals surface area contributed by atoms with E-state index in [0.29, 0.717) is 0 Å². The molecule has 32 heavy (non-hydrogen) atoms. The van der Waals surface area contributed by atoms with Crippen LogP contribution in [0.15, 0.2) is 119 Å². The minimum Gasteiger partial charge on any atom is -0.456 e. The number of para-hydroxylation sites is 1. The van der Waals surface area contributed by atoms with Crippen LogP contribution >= 0.6 is 23.1 Å². The average molecular weight is 449 g/mol. The van der Waals surface area contributed by atoms with Gasteiger partial charge in [0.25, 0.3) is 0 Å². The van der Waals surface area contributed by atoms with Crippen molar-refractivity contribution in [3.05, 3.63) is 115 Å². The highest BCUT2D eigenvalue weighted by atomic mass is 32.2. The predicted molar refractivity (Wildman–Crippen MR) is 138 cm³/mol. The molecule has 2 heterocycles. The van der Waals surface area contributed by atoms with Gasteiger partial charge in [0.15, 0.2) is 0 Å². The van der Waals surface area contributed by atoms with Gasteiger partial charge in [-0.3, -0.25) is 0 Å². The summed E-state index contributed by atoms with van der Waals surface area (Å²) in [4.78, 5) is 2.55. The fourth-order valence-electron chi connectivity index (χ4n) is 4.07. The van der Waals surface area contributed by atoms with E-state index in [2.05, 4.69) is 97.1 Å². The molecule has 0 aliphatic rings. The number of rotatable bonds is 5. The normalized spacial score (nSPS) is 11.4. The molecule has 0 radical (unpaired) electrons. The van der Waals surface area contributed by atoms with Crippen LogP contribution in [0.2, 0.25) is 0 Å². The Labute approximate surface area is 195 Å². The van der Waals surface area contributed by atoms with Gasteiger partial charge < -0.3 is 4.42 Å². The molecule has 0 spiro atoms. The number of hydrogen-bond donors (Lipinski definition) is 0. The molecule has 0 N–H and O–H groups in total. The lowest BCUT2D eigenvalue weighted by Crippen LogP contribution is -1.87. The third-order valence-electron chi connectivity index (χ3n) is 5.63. The molecular weight excluding hydrogens is 428 g/mol. The van der Waals surface area contributed by atoms with Crippen molar-refractivity contribution in [3.8, 4) is 21.8 Å². The van der Waals surface area contributed by atoms with Crippen LogP contribution in [0.5, 0.6) is 0 Å². The fraction of sp³-hybridized carbons (Fsp3) is 0.0345. The molecule has 4 aromatic carbocycles. The van der Waals surface area contributed by atoms with E-state index in [1.807, 2.05) is 35.2 Å². The van der Waals surface area contributed by atoms with E-state index in [0.717, 1.165) is 28.0 Å². The third kappa shape index (κ3) is 3.64. The average Bonchev–Trinajstić information content (AvgIpc) is 3.47. The highest BCUT2D eigenvalue weighted by Crippen LogP contribution is 2.45. The zero-order valence-electron chi connectivity index (χ0n) is 17.3. The molecule has 0 fully saturated rings. The first-order valence-corrected chi connectivity index (χ1v) is 12.4. The second kappa shape index (κ2) is 8.34. The maximum atomic E-state index is 6.30. The first kappa shape index (κ1) is 19.4. The van der Waals surface area contributed by atoms with Crippen molar-refractivity contribution >= 4 is 44.2 Å². The van der Waals surface area contributed by atoms with Crippen LogP contribution in [0.1, 0.15) is 5.56 Å². The van der Waals surface area contributed by atoms with Gasteiger partial charge in [-0.25, -0.2) is 0 Å². The minimum absolute atomic E-state index is 0.917. The molecule has 6 aromatic rings. The van der Waals surface area contributed by atoms with Crippen molar-refractivity contribution in [1.82, 2.24) is 0 Å². The van der Waals surface area contributed by atoms with Crippen molar-refractivity contribution in [3.63, 3.8) is 0 Å². The number of hydrogen-bond acceptors (Lipinski definition) is 3. The Morgan fingerprint density at radius 3 is 2.31 bits per heavy atom. The lowest BCUT2D eigenvalue weighted by Gasteiger charge is -2.12.